The van der Waals surface area contributed by atoms with E-state index in [9.17, 15) is 18.9 Å². The fraction of sp³-hybridized carbons (Fsp3) is 0.100. The number of nitrogens with zero attached hydrogens (tertiary/aromatic N) is 3. The normalized spacial score (nSPS) is 10.8. The summed E-state index contributed by atoms with van der Waals surface area (Å²) >= 11 is 0. The Balaban J connectivity index is 2.51. The second kappa shape index (κ2) is 4.28. The summed E-state index contributed by atoms with van der Waals surface area (Å²) in [6.45, 7) is 0. The average molecular weight is 238 g/mol. The summed E-state index contributed by atoms with van der Waals surface area (Å²) in [6, 6.07) is 8.99. The first kappa shape index (κ1) is 11.2. The monoisotopic (exact) mass is 238 g/mol. The molecule has 0 aliphatic carbocycles. The Labute approximate surface area is 94.4 Å². The minimum absolute atomic E-state index is 0.457. The number of halogens is 2. The number of hydrogen-bond donors (Lipinski definition) is 0. The SMILES string of the molecule is O=[N+]([O-])c1cn(-c2cc[c]cc2)nc1C(F)F. The van der Waals surface area contributed by atoms with Gasteiger partial charge in [-0.3, -0.25) is 10.1 Å². The van der Waals surface area contributed by atoms with E-state index in [-0.39, 0.29) is 0 Å². The Morgan fingerprint density at radius 2 is 2.06 bits per heavy atom. The van der Waals surface area contributed by atoms with Gasteiger partial charge in [0.2, 0.25) is 5.69 Å². The van der Waals surface area contributed by atoms with Gasteiger partial charge < -0.3 is 0 Å². The molecule has 0 aliphatic rings. The van der Waals surface area contributed by atoms with Gasteiger partial charge in [-0.15, -0.1) is 0 Å². The summed E-state index contributed by atoms with van der Waals surface area (Å²) in [7, 11) is 0. The van der Waals surface area contributed by atoms with Crippen molar-refractivity contribution in [3.05, 3.63) is 52.3 Å². The summed E-state index contributed by atoms with van der Waals surface area (Å²) in [5, 5.41) is 14.1. The van der Waals surface area contributed by atoms with E-state index in [1.807, 2.05) is 0 Å². The van der Waals surface area contributed by atoms with Crippen molar-refractivity contribution in [2.45, 2.75) is 6.43 Å². The molecule has 0 amide bonds. The highest BCUT2D eigenvalue weighted by Crippen LogP contribution is 2.28. The molecule has 1 radical (unpaired) electrons. The first-order chi connectivity index (χ1) is 8.09. The average Bonchev–Trinajstić information content (AvgIpc) is 2.75. The summed E-state index contributed by atoms with van der Waals surface area (Å²) in [5.74, 6) is 0. The molecule has 1 aromatic carbocycles. The molecule has 7 heteroatoms. The molecule has 0 N–H and O–H groups in total. The Morgan fingerprint density at radius 1 is 1.41 bits per heavy atom. The molecule has 0 atom stereocenters. The van der Waals surface area contributed by atoms with Crippen molar-refractivity contribution in [3.63, 3.8) is 0 Å². The lowest BCUT2D eigenvalue weighted by Gasteiger charge is -1.98. The second-order valence-electron chi connectivity index (χ2n) is 3.16. The Kier molecular flexibility index (Phi) is 2.82. The van der Waals surface area contributed by atoms with Crippen molar-refractivity contribution < 1.29 is 13.7 Å². The number of nitro groups is 1. The molecule has 0 spiro atoms. The van der Waals surface area contributed by atoms with Crippen LogP contribution < -0.4 is 0 Å². The third kappa shape index (κ3) is 2.12. The number of aromatic nitrogens is 2. The molecule has 17 heavy (non-hydrogen) atoms. The van der Waals surface area contributed by atoms with E-state index < -0.39 is 22.7 Å². The van der Waals surface area contributed by atoms with E-state index in [0.717, 1.165) is 10.9 Å². The molecule has 0 bridgehead atoms. The topological polar surface area (TPSA) is 61.0 Å². The number of alkyl halides is 2. The lowest BCUT2D eigenvalue weighted by atomic mass is 10.3. The van der Waals surface area contributed by atoms with Gasteiger partial charge >= 0.3 is 5.69 Å². The smallest absolute Gasteiger partial charge is 0.258 e. The van der Waals surface area contributed by atoms with Gasteiger partial charge in [0, 0.05) is 0 Å². The van der Waals surface area contributed by atoms with Crippen LogP contribution in [0.25, 0.3) is 5.69 Å². The van der Waals surface area contributed by atoms with E-state index in [1.54, 1.807) is 24.3 Å². The summed E-state index contributed by atoms with van der Waals surface area (Å²) in [6.07, 6.45) is -2.01. The molecule has 5 nitrogen and oxygen atoms in total. The zero-order valence-electron chi connectivity index (χ0n) is 8.38. The van der Waals surface area contributed by atoms with Gasteiger partial charge in [0.1, 0.15) is 6.20 Å². The van der Waals surface area contributed by atoms with Gasteiger partial charge in [0.05, 0.1) is 10.6 Å². The van der Waals surface area contributed by atoms with E-state index in [1.165, 1.54) is 0 Å². The molecule has 0 fully saturated rings. The van der Waals surface area contributed by atoms with Crippen molar-refractivity contribution in [2.24, 2.45) is 0 Å². The van der Waals surface area contributed by atoms with E-state index in [2.05, 4.69) is 11.2 Å². The van der Waals surface area contributed by atoms with Gasteiger partial charge in [0.15, 0.2) is 0 Å². The zero-order chi connectivity index (χ0) is 12.4. The third-order valence-electron chi connectivity index (χ3n) is 2.09. The maximum Gasteiger partial charge on any atom is 0.316 e. The van der Waals surface area contributed by atoms with E-state index >= 15 is 0 Å². The van der Waals surface area contributed by atoms with Crippen LogP contribution in [0.15, 0.2) is 30.5 Å². The van der Waals surface area contributed by atoms with Gasteiger partial charge in [-0.2, -0.15) is 5.10 Å². The van der Waals surface area contributed by atoms with Crippen molar-refractivity contribution in [1.29, 1.82) is 0 Å². The van der Waals surface area contributed by atoms with Crippen LogP contribution in [0.3, 0.4) is 0 Å². The predicted octanol–water partition coefficient (Wildman–Crippen LogP) is 2.52. The van der Waals surface area contributed by atoms with Crippen LogP contribution in [0, 0.1) is 16.2 Å². The fourth-order valence-electron chi connectivity index (χ4n) is 1.34. The van der Waals surface area contributed by atoms with Crippen LogP contribution in [-0.2, 0) is 0 Å². The van der Waals surface area contributed by atoms with E-state index in [0.29, 0.717) is 5.69 Å². The maximum absolute atomic E-state index is 12.5. The van der Waals surface area contributed by atoms with Crippen LogP contribution >= 0.6 is 0 Å². The minimum Gasteiger partial charge on any atom is -0.258 e. The van der Waals surface area contributed by atoms with Crippen molar-refractivity contribution in [2.75, 3.05) is 0 Å². The molecular formula is C10H6F2N3O2. The van der Waals surface area contributed by atoms with Crippen molar-refractivity contribution in [3.8, 4) is 5.69 Å². The maximum atomic E-state index is 12.5. The largest absolute Gasteiger partial charge is 0.316 e. The lowest BCUT2D eigenvalue weighted by Crippen LogP contribution is -1.96. The zero-order valence-corrected chi connectivity index (χ0v) is 8.38. The Hall–Kier alpha value is -2.31. The van der Waals surface area contributed by atoms with Crippen LogP contribution in [0.5, 0.6) is 0 Å². The number of hydrogen-bond acceptors (Lipinski definition) is 3. The molecular weight excluding hydrogens is 232 g/mol. The third-order valence-corrected chi connectivity index (χ3v) is 2.09. The van der Waals surface area contributed by atoms with Crippen molar-refractivity contribution in [1.82, 2.24) is 9.78 Å². The van der Waals surface area contributed by atoms with Gasteiger partial charge in [-0.1, -0.05) is 12.1 Å². The van der Waals surface area contributed by atoms with Crippen LogP contribution in [0.1, 0.15) is 12.1 Å². The van der Waals surface area contributed by atoms with Gasteiger partial charge in [-0.25, -0.2) is 13.5 Å². The molecule has 0 saturated heterocycles. The first-order valence-corrected chi connectivity index (χ1v) is 4.58. The molecule has 0 unspecified atom stereocenters. The molecule has 0 saturated carbocycles. The molecule has 1 heterocycles. The molecule has 2 rings (SSSR count). The standard InChI is InChI=1S/C10H6F2N3O2/c11-10(12)9-8(15(16)17)6-14(13-9)7-4-2-1-3-5-7/h2-6,10H. The predicted molar refractivity (Wildman–Crippen MR) is 54.0 cm³/mol. The summed E-state index contributed by atoms with van der Waals surface area (Å²) in [4.78, 5) is 9.71. The molecule has 1 aromatic heterocycles. The van der Waals surface area contributed by atoms with E-state index in [4.69, 9.17) is 0 Å². The van der Waals surface area contributed by atoms with Gasteiger partial charge in [0.25, 0.3) is 6.43 Å². The minimum atomic E-state index is -2.98. The summed E-state index contributed by atoms with van der Waals surface area (Å²) < 4.78 is 26.1. The highest BCUT2D eigenvalue weighted by Gasteiger charge is 2.26. The van der Waals surface area contributed by atoms with Crippen LogP contribution in [0.4, 0.5) is 14.5 Å². The van der Waals surface area contributed by atoms with Crippen molar-refractivity contribution >= 4 is 5.69 Å². The van der Waals surface area contributed by atoms with Gasteiger partial charge in [-0.05, 0) is 18.2 Å². The quantitative estimate of drug-likeness (QED) is 0.609. The Morgan fingerprint density at radius 3 is 2.53 bits per heavy atom. The number of benzene rings is 1. The van der Waals surface area contributed by atoms with Crippen LogP contribution in [0.2, 0.25) is 0 Å². The number of rotatable bonds is 3. The molecule has 2 aromatic rings. The van der Waals surface area contributed by atoms with Crippen LogP contribution in [-0.4, -0.2) is 14.7 Å². The highest BCUT2D eigenvalue weighted by atomic mass is 19.3. The first-order valence-electron chi connectivity index (χ1n) is 4.58. The lowest BCUT2D eigenvalue weighted by molar-refractivity contribution is -0.386. The molecule has 87 valence electrons. The molecule has 0 aliphatic heterocycles. The highest BCUT2D eigenvalue weighted by molar-refractivity contribution is 5.39. The second-order valence-corrected chi connectivity index (χ2v) is 3.16. The fourth-order valence-corrected chi connectivity index (χ4v) is 1.34. The summed E-state index contributed by atoms with van der Waals surface area (Å²) in [5.41, 5.74) is -1.06. The Bertz CT molecular complexity index is 540.